The van der Waals surface area contributed by atoms with Gasteiger partial charge in [0.2, 0.25) is 0 Å². The molecule has 2 nitrogen and oxygen atoms in total. The molecule has 1 heterocycles. The number of hydrogen-bond acceptors (Lipinski definition) is 2. The molecule has 1 aliphatic rings. The van der Waals surface area contributed by atoms with Gasteiger partial charge in [0, 0.05) is 19.1 Å². The van der Waals surface area contributed by atoms with Crippen LogP contribution in [0.25, 0.3) is 0 Å². The zero-order chi connectivity index (χ0) is 14.0. The van der Waals surface area contributed by atoms with Crippen molar-refractivity contribution in [2.24, 2.45) is 0 Å². The smallest absolute Gasteiger partial charge is 0.0107 e. The molecule has 1 atom stereocenters. The van der Waals surface area contributed by atoms with Crippen molar-refractivity contribution in [1.82, 2.24) is 10.2 Å². The second-order valence-corrected chi connectivity index (χ2v) is 6.14. The molecule has 2 rings (SSSR count). The number of benzene rings is 1. The Morgan fingerprint density at radius 3 is 2.45 bits per heavy atom. The normalized spacial score (nSPS) is 18.6. The van der Waals surface area contributed by atoms with Gasteiger partial charge in [0.1, 0.15) is 0 Å². The molecule has 1 fully saturated rings. The standard InChI is InChI=1S/C18H30N2/c1-17(11-12-18-9-5-4-6-10-18)19-13-16-20-14-7-2-3-8-15-20/h4-6,9-10,17,19H,2-3,7-8,11-16H2,1H3. The molecule has 1 aromatic rings. The van der Waals surface area contributed by atoms with Gasteiger partial charge in [-0.2, -0.15) is 0 Å². The Hall–Kier alpha value is -0.860. The molecular weight excluding hydrogens is 244 g/mol. The average Bonchev–Trinajstić information content (AvgIpc) is 2.75. The molecule has 0 aromatic heterocycles. The van der Waals surface area contributed by atoms with Crippen LogP contribution < -0.4 is 5.32 Å². The van der Waals surface area contributed by atoms with Gasteiger partial charge in [0.05, 0.1) is 0 Å². The van der Waals surface area contributed by atoms with E-state index in [0.29, 0.717) is 6.04 Å². The summed E-state index contributed by atoms with van der Waals surface area (Å²) in [4.78, 5) is 2.63. The molecule has 1 unspecified atom stereocenters. The van der Waals surface area contributed by atoms with E-state index in [1.165, 1.54) is 63.7 Å². The van der Waals surface area contributed by atoms with E-state index in [-0.39, 0.29) is 0 Å². The van der Waals surface area contributed by atoms with Gasteiger partial charge in [-0.15, -0.1) is 0 Å². The van der Waals surface area contributed by atoms with Crippen molar-refractivity contribution in [2.45, 2.75) is 51.5 Å². The third kappa shape index (κ3) is 6.06. The van der Waals surface area contributed by atoms with Crippen LogP contribution in [0, 0.1) is 0 Å². The summed E-state index contributed by atoms with van der Waals surface area (Å²) < 4.78 is 0. The molecule has 20 heavy (non-hydrogen) atoms. The highest BCUT2D eigenvalue weighted by molar-refractivity contribution is 5.14. The van der Waals surface area contributed by atoms with E-state index in [0.717, 1.165) is 6.54 Å². The van der Waals surface area contributed by atoms with Gasteiger partial charge in [-0.3, -0.25) is 0 Å². The van der Waals surface area contributed by atoms with Gasteiger partial charge in [0.25, 0.3) is 0 Å². The largest absolute Gasteiger partial charge is 0.313 e. The van der Waals surface area contributed by atoms with Gasteiger partial charge in [-0.05, 0) is 51.3 Å². The summed E-state index contributed by atoms with van der Waals surface area (Å²) in [6, 6.07) is 11.4. The minimum atomic E-state index is 0.613. The summed E-state index contributed by atoms with van der Waals surface area (Å²) in [7, 11) is 0. The summed E-state index contributed by atoms with van der Waals surface area (Å²) in [5, 5.41) is 3.68. The van der Waals surface area contributed by atoms with Crippen LogP contribution in [0.4, 0.5) is 0 Å². The van der Waals surface area contributed by atoms with E-state index >= 15 is 0 Å². The number of rotatable bonds is 7. The average molecular weight is 274 g/mol. The lowest BCUT2D eigenvalue weighted by atomic mass is 10.1. The summed E-state index contributed by atoms with van der Waals surface area (Å²) in [5.74, 6) is 0. The van der Waals surface area contributed by atoms with Crippen molar-refractivity contribution in [3.8, 4) is 0 Å². The first-order valence-electron chi connectivity index (χ1n) is 8.34. The Kier molecular flexibility index (Phi) is 7.10. The van der Waals surface area contributed by atoms with E-state index in [1.807, 2.05) is 0 Å². The molecule has 1 N–H and O–H groups in total. The molecule has 0 bridgehead atoms. The third-order valence-electron chi connectivity index (χ3n) is 4.33. The first-order valence-corrected chi connectivity index (χ1v) is 8.34. The lowest BCUT2D eigenvalue weighted by Gasteiger charge is -2.21. The van der Waals surface area contributed by atoms with Crippen LogP contribution in [0.2, 0.25) is 0 Å². The van der Waals surface area contributed by atoms with Gasteiger partial charge >= 0.3 is 0 Å². The number of nitrogens with zero attached hydrogens (tertiary/aromatic N) is 1. The van der Waals surface area contributed by atoms with Crippen LogP contribution in [-0.2, 0) is 6.42 Å². The Bertz CT molecular complexity index is 342. The Labute approximate surface area is 124 Å². The van der Waals surface area contributed by atoms with Crippen LogP contribution in [0.5, 0.6) is 0 Å². The van der Waals surface area contributed by atoms with Crippen molar-refractivity contribution < 1.29 is 0 Å². The Balaban J connectivity index is 1.56. The lowest BCUT2D eigenvalue weighted by molar-refractivity contribution is 0.279. The van der Waals surface area contributed by atoms with E-state index in [1.54, 1.807) is 0 Å². The maximum absolute atomic E-state index is 3.68. The summed E-state index contributed by atoms with van der Waals surface area (Å²) in [5.41, 5.74) is 1.45. The molecule has 0 spiro atoms. The second-order valence-electron chi connectivity index (χ2n) is 6.14. The van der Waals surface area contributed by atoms with Crippen molar-refractivity contribution in [2.75, 3.05) is 26.2 Å². The molecule has 0 amide bonds. The van der Waals surface area contributed by atoms with Gasteiger partial charge in [-0.25, -0.2) is 0 Å². The second kappa shape index (κ2) is 9.15. The van der Waals surface area contributed by atoms with Gasteiger partial charge in [-0.1, -0.05) is 43.2 Å². The number of likely N-dealkylation sites (tertiary alicyclic amines) is 1. The predicted molar refractivity (Wildman–Crippen MR) is 87.1 cm³/mol. The Morgan fingerprint density at radius 2 is 1.75 bits per heavy atom. The number of nitrogens with one attached hydrogen (secondary N) is 1. The summed E-state index contributed by atoms with van der Waals surface area (Å²) in [6.07, 6.45) is 8.05. The fourth-order valence-electron chi connectivity index (χ4n) is 2.96. The minimum absolute atomic E-state index is 0.613. The van der Waals surface area contributed by atoms with Gasteiger partial charge < -0.3 is 10.2 Å². The molecule has 0 radical (unpaired) electrons. The minimum Gasteiger partial charge on any atom is -0.313 e. The van der Waals surface area contributed by atoms with E-state index < -0.39 is 0 Å². The summed E-state index contributed by atoms with van der Waals surface area (Å²) >= 11 is 0. The molecule has 1 saturated heterocycles. The third-order valence-corrected chi connectivity index (χ3v) is 4.33. The van der Waals surface area contributed by atoms with Crippen LogP contribution in [-0.4, -0.2) is 37.1 Å². The zero-order valence-electron chi connectivity index (χ0n) is 13.0. The van der Waals surface area contributed by atoms with E-state index in [9.17, 15) is 0 Å². The number of hydrogen-bond donors (Lipinski definition) is 1. The van der Waals surface area contributed by atoms with Crippen molar-refractivity contribution in [1.29, 1.82) is 0 Å². The van der Waals surface area contributed by atoms with Crippen molar-refractivity contribution >= 4 is 0 Å². The highest BCUT2D eigenvalue weighted by Crippen LogP contribution is 2.09. The molecule has 2 heteroatoms. The highest BCUT2D eigenvalue weighted by Gasteiger charge is 2.09. The topological polar surface area (TPSA) is 15.3 Å². The molecule has 0 aliphatic carbocycles. The summed E-state index contributed by atoms with van der Waals surface area (Å²) in [6.45, 7) is 7.27. The van der Waals surface area contributed by atoms with Crippen molar-refractivity contribution in [3.63, 3.8) is 0 Å². The quantitative estimate of drug-likeness (QED) is 0.819. The maximum atomic E-state index is 3.68. The Morgan fingerprint density at radius 1 is 1.05 bits per heavy atom. The first-order chi connectivity index (χ1) is 9.84. The number of aryl methyl sites for hydroxylation is 1. The van der Waals surface area contributed by atoms with E-state index in [4.69, 9.17) is 0 Å². The fraction of sp³-hybridized carbons (Fsp3) is 0.667. The van der Waals surface area contributed by atoms with Crippen LogP contribution in [0.3, 0.4) is 0 Å². The van der Waals surface area contributed by atoms with Crippen LogP contribution in [0.15, 0.2) is 30.3 Å². The molecule has 1 aromatic carbocycles. The monoisotopic (exact) mass is 274 g/mol. The predicted octanol–water partition coefficient (Wildman–Crippen LogP) is 3.47. The maximum Gasteiger partial charge on any atom is 0.0107 e. The fourth-order valence-corrected chi connectivity index (χ4v) is 2.96. The van der Waals surface area contributed by atoms with Crippen LogP contribution >= 0.6 is 0 Å². The van der Waals surface area contributed by atoms with Crippen molar-refractivity contribution in [3.05, 3.63) is 35.9 Å². The van der Waals surface area contributed by atoms with Crippen LogP contribution in [0.1, 0.15) is 44.6 Å². The molecule has 0 saturated carbocycles. The SMILES string of the molecule is CC(CCc1ccccc1)NCCN1CCCCCC1. The van der Waals surface area contributed by atoms with E-state index in [2.05, 4.69) is 47.5 Å². The molecular formula is C18H30N2. The lowest BCUT2D eigenvalue weighted by Crippen LogP contribution is -2.36. The first kappa shape index (κ1) is 15.5. The molecule has 112 valence electrons. The zero-order valence-corrected chi connectivity index (χ0v) is 13.0. The highest BCUT2D eigenvalue weighted by atomic mass is 15.1. The van der Waals surface area contributed by atoms with Gasteiger partial charge in [0.15, 0.2) is 0 Å². The molecule has 1 aliphatic heterocycles.